The topological polar surface area (TPSA) is 64.4 Å². The predicted molar refractivity (Wildman–Crippen MR) is 117 cm³/mol. The van der Waals surface area contributed by atoms with Crippen LogP contribution in [0.15, 0.2) is 53.1 Å². The minimum Gasteiger partial charge on any atom is -0.493 e. The van der Waals surface area contributed by atoms with Gasteiger partial charge in [0.2, 0.25) is 5.91 Å². The number of hydrogen-bond donors (Lipinski definition) is 1. The molecule has 0 bridgehead atoms. The molecule has 2 heterocycles. The van der Waals surface area contributed by atoms with Crippen molar-refractivity contribution in [2.45, 2.75) is 52.0 Å². The molecule has 4 rings (SSSR count). The van der Waals surface area contributed by atoms with Crippen molar-refractivity contribution in [1.82, 2.24) is 10.3 Å². The molecule has 0 aliphatic carbocycles. The molecule has 2 aromatic carbocycles. The Hall–Kier alpha value is -3.08. The van der Waals surface area contributed by atoms with E-state index in [0.717, 1.165) is 34.6 Å². The molecule has 1 aliphatic heterocycles. The van der Waals surface area contributed by atoms with E-state index >= 15 is 0 Å². The maximum absolute atomic E-state index is 12.5. The first-order chi connectivity index (χ1) is 14.5. The zero-order chi connectivity index (χ0) is 21.1. The van der Waals surface area contributed by atoms with E-state index in [1.54, 1.807) is 6.20 Å². The van der Waals surface area contributed by atoms with Crippen molar-refractivity contribution in [3.8, 4) is 17.1 Å². The summed E-state index contributed by atoms with van der Waals surface area (Å²) < 4.78 is 11.6. The molecule has 1 amide bonds. The lowest BCUT2D eigenvalue weighted by Gasteiger charge is -2.27. The Labute approximate surface area is 177 Å². The summed E-state index contributed by atoms with van der Waals surface area (Å²) in [5, 5.41) is 3.14. The Morgan fingerprint density at radius 2 is 2.00 bits per heavy atom. The van der Waals surface area contributed by atoms with Gasteiger partial charge in [0.1, 0.15) is 5.75 Å². The Bertz CT molecular complexity index is 1020. The van der Waals surface area contributed by atoms with Crippen LogP contribution in [-0.4, -0.2) is 17.5 Å². The first-order valence-electron chi connectivity index (χ1n) is 10.6. The quantitative estimate of drug-likeness (QED) is 0.602. The van der Waals surface area contributed by atoms with E-state index in [2.05, 4.69) is 54.5 Å². The third-order valence-corrected chi connectivity index (χ3v) is 5.52. The van der Waals surface area contributed by atoms with Gasteiger partial charge in [-0.2, -0.15) is 0 Å². The monoisotopic (exact) mass is 404 g/mol. The fourth-order valence-electron chi connectivity index (χ4n) is 3.74. The van der Waals surface area contributed by atoms with Crippen LogP contribution in [0.2, 0.25) is 0 Å². The van der Waals surface area contributed by atoms with Crippen LogP contribution in [0.3, 0.4) is 0 Å². The van der Waals surface area contributed by atoms with Gasteiger partial charge in [-0.1, -0.05) is 55.8 Å². The Kier molecular flexibility index (Phi) is 5.88. The van der Waals surface area contributed by atoms with E-state index in [9.17, 15) is 4.79 Å². The summed E-state index contributed by atoms with van der Waals surface area (Å²) in [4.78, 5) is 16.9. The van der Waals surface area contributed by atoms with Crippen molar-refractivity contribution in [2.24, 2.45) is 0 Å². The second kappa shape index (κ2) is 8.74. The molecule has 1 N–H and O–H groups in total. The number of amides is 1. The first kappa shape index (κ1) is 20.2. The zero-order valence-electron chi connectivity index (χ0n) is 17.8. The average Bonchev–Trinajstić information content (AvgIpc) is 3.22. The third-order valence-electron chi connectivity index (χ3n) is 5.52. The molecule has 0 radical (unpaired) electrons. The van der Waals surface area contributed by atoms with E-state index < -0.39 is 0 Å². The smallest absolute Gasteiger partial charge is 0.220 e. The van der Waals surface area contributed by atoms with Gasteiger partial charge in [-0.05, 0) is 24.5 Å². The molecule has 3 aromatic rings. The molecule has 5 heteroatoms. The molecule has 0 fully saturated rings. The maximum Gasteiger partial charge on any atom is 0.220 e. The summed E-state index contributed by atoms with van der Waals surface area (Å²) in [5.74, 6) is 2.66. The Morgan fingerprint density at radius 3 is 2.77 bits per heavy atom. The largest absolute Gasteiger partial charge is 0.493 e. The standard InChI is InChI=1S/C25H28N2O3/c1-16(2)18-5-7-19(8-6-18)23-15-26-25(30-23)11-10-24(28)27-21-12-13-29-22-9-4-17(3)14-20(21)22/h4-9,14-16,21H,10-13H2,1-3H3,(H,27,28). The number of oxazole rings is 1. The van der Waals surface area contributed by atoms with E-state index in [1.165, 1.54) is 5.56 Å². The molecule has 1 aromatic heterocycles. The van der Waals surface area contributed by atoms with Crippen LogP contribution in [-0.2, 0) is 11.2 Å². The van der Waals surface area contributed by atoms with Crippen molar-refractivity contribution >= 4 is 5.91 Å². The molecule has 1 atom stereocenters. The van der Waals surface area contributed by atoms with Gasteiger partial charge in [0.15, 0.2) is 11.7 Å². The fraction of sp³-hybridized carbons (Fsp3) is 0.360. The molecule has 156 valence electrons. The van der Waals surface area contributed by atoms with Crippen LogP contribution < -0.4 is 10.1 Å². The van der Waals surface area contributed by atoms with Gasteiger partial charge >= 0.3 is 0 Å². The van der Waals surface area contributed by atoms with Gasteiger partial charge < -0.3 is 14.5 Å². The van der Waals surface area contributed by atoms with Crippen LogP contribution in [0.25, 0.3) is 11.3 Å². The summed E-state index contributed by atoms with van der Waals surface area (Å²) in [6, 6.07) is 14.4. The van der Waals surface area contributed by atoms with Crippen molar-refractivity contribution in [3.05, 3.63) is 71.2 Å². The van der Waals surface area contributed by atoms with Gasteiger partial charge in [-0.25, -0.2) is 4.98 Å². The molecule has 1 unspecified atom stereocenters. The minimum absolute atomic E-state index is 0.00427. The maximum atomic E-state index is 12.5. The molecular weight excluding hydrogens is 376 g/mol. The number of fused-ring (bicyclic) bond motifs is 1. The lowest BCUT2D eigenvalue weighted by molar-refractivity contribution is -0.122. The highest BCUT2D eigenvalue weighted by Gasteiger charge is 2.23. The summed E-state index contributed by atoms with van der Waals surface area (Å²) in [7, 11) is 0. The van der Waals surface area contributed by atoms with E-state index in [4.69, 9.17) is 9.15 Å². The van der Waals surface area contributed by atoms with E-state index in [0.29, 0.717) is 31.3 Å². The van der Waals surface area contributed by atoms with Crippen LogP contribution in [0.5, 0.6) is 5.75 Å². The number of hydrogen-bond acceptors (Lipinski definition) is 4. The summed E-state index contributed by atoms with van der Waals surface area (Å²) >= 11 is 0. The van der Waals surface area contributed by atoms with Crippen molar-refractivity contribution < 1.29 is 13.9 Å². The molecule has 5 nitrogen and oxygen atoms in total. The normalized spacial score (nSPS) is 15.5. The molecule has 1 aliphatic rings. The van der Waals surface area contributed by atoms with Gasteiger partial charge in [-0.3, -0.25) is 4.79 Å². The van der Waals surface area contributed by atoms with Crippen LogP contribution in [0, 0.1) is 6.92 Å². The second-order valence-electron chi connectivity index (χ2n) is 8.19. The van der Waals surface area contributed by atoms with Gasteiger partial charge in [0.25, 0.3) is 0 Å². The Morgan fingerprint density at radius 1 is 1.20 bits per heavy atom. The van der Waals surface area contributed by atoms with Crippen LogP contribution in [0.1, 0.15) is 61.2 Å². The van der Waals surface area contributed by atoms with Gasteiger partial charge in [-0.15, -0.1) is 0 Å². The molecular formula is C25H28N2O3. The number of ether oxygens (including phenoxy) is 1. The SMILES string of the molecule is Cc1ccc2c(c1)C(NC(=O)CCc1ncc(-c3ccc(C(C)C)cc3)o1)CCO2. The third kappa shape index (κ3) is 4.56. The number of carbonyl (C=O) groups excluding carboxylic acids is 1. The van der Waals surface area contributed by atoms with Crippen LogP contribution >= 0.6 is 0 Å². The number of aryl methyl sites for hydroxylation is 2. The van der Waals surface area contributed by atoms with Crippen LogP contribution in [0.4, 0.5) is 0 Å². The number of carbonyl (C=O) groups is 1. The highest BCUT2D eigenvalue weighted by Crippen LogP contribution is 2.32. The van der Waals surface area contributed by atoms with Gasteiger partial charge in [0.05, 0.1) is 18.8 Å². The highest BCUT2D eigenvalue weighted by molar-refractivity contribution is 5.76. The number of nitrogens with one attached hydrogen (secondary N) is 1. The summed E-state index contributed by atoms with van der Waals surface area (Å²) in [6.07, 6.45) is 3.32. The van der Waals surface area contributed by atoms with Crippen molar-refractivity contribution in [2.75, 3.05) is 6.61 Å². The Balaban J connectivity index is 1.35. The average molecular weight is 405 g/mol. The molecule has 0 spiro atoms. The lowest BCUT2D eigenvalue weighted by atomic mass is 9.98. The van der Waals surface area contributed by atoms with Crippen molar-refractivity contribution in [3.63, 3.8) is 0 Å². The molecule has 0 saturated heterocycles. The van der Waals surface area contributed by atoms with Gasteiger partial charge in [0, 0.05) is 30.4 Å². The summed E-state index contributed by atoms with van der Waals surface area (Å²) in [6.45, 7) is 7.00. The van der Waals surface area contributed by atoms with E-state index in [-0.39, 0.29) is 11.9 Å². The fourth-order valence-corrected chi connectivity index (χ4v) is 3.74. The molecule has 0 saturated carbocycles. The first-order valence-corrected chi connectivity index (χ1v) is 10.6. The number of rotatable bonds is 6. The predicted octanol–water partition coefficient (Wildman–Crippen LogP) is 5.35. The second-order valence-corrected chi connectivity index (χ2v) is 8.19. The van der Waals surface area contributed by atoms with E-state index in [1.807, 2.05) is 19.1 Å². The number of aromatic nitrogens is 1. The zero-order valence-corrected chi connectivity index (χ0v) is 17.8. The highest BCUT2D eigenvalue weighted by atomic mass is 16.5. The van der Waals surface area contributed by atoms with Crippen molar-refractivity contribution in [1.29, 1.82) is 0 Å². The summed E-state index contributed by atoms with van der Waals surface area (Å²) in [5.41, 5.74) is 4.50. The number of benzene rings is 2. The lowest BCUT2D eigenvalue weighted by Crippen LogP contribution is -2.32. The molecule has 30 heavy (non-hydrogen) atoms. The number of nitrogens with zero attached hydrogens (tertiary/aromatic N) is 1. The minimum atomic E-state index is -0.0132.